The SMILES string of the molecule is C=CCN1C[C@@H]2CCC=C[C@@H]2C1=O. The Hall–Kier alpha value is -1.05. The molecule has 1 amide bonds. The first-order chi connectivity index (χ1) is 6.33. The highest BCUT2D eigenvalue weighted by atomic mass is 16.2. The molecule has 2 aliphatic rings. The third-order valence-electron chi connectivity index (χ3n) is 2.96. The molecule has 0 N–H and O–H groups in total. The minimum Gasteiger partial charge on any atom is -0.338 e. The van der Waals surface area contributed by atoms with Gasteiger partial charge in [0.15, 0.2) is 0 Å². The predicted octanol–water partition coefficient (Wildman–Crippen LogP) is 1.60. The Bertz CT molecular complexity index is 257. The summed E-state index contributed by atoms with van der Waals surface area (Å²) in [5, 5.41) is 0. The van der Waals surface area contributed by atoms with Gasteiger partial charge in [-0.15, -0.1) is 6.58 Å². The van der Waals surface area contributed by atoms with Crippen LogP contribution in [0.2, 0.25) is 0 Å². The first kappa shape index (κ1) is 8.54. The van der Waals surface area contributed by atoms with Gasteiger partial charge >= 0.3 is 0 Å². The summed E-state index contributed by atoms with van der Waals surface area (Å²) in [6.07, 6.45) is 8.33. The van der Waals surface area contributed by atoms with E-state index in [9.17, 15) is 4.79 Å². The lowest BCUT2D eigenvalue weighted by Gasteiger charge is -2.15. The Morgan fingerprint density at radius 2 is 2.54 bits per heavy atom. The van der Waals surface area contributed by atoms with Gasteiger partial charge in [-0.05, 0) is 18.8 Å². The Morgan fingerprint density at radius 3 is 3.23 bits per heavy atom. The van der Waals surface area contributed by atoms with E-state index in [2.05, 4.69) is 18.7 Å². The van der Waals surface area contributed by atoms with Crippen LogP contribution in [-0.4, -0.2) is 23.9 Å². The van der Waals surface area contributed by atoms with E-state index in [1.165, 1.54) is 6.42 Å². The van der Waals surface area contributed by atoms with Crippen LogP contribution in [0, 0.1) is 11.8 Å². The summed E-state index contributed by atoms with van der Waals surface area (Å²) in [5.41, 5.74) is 0. The fraction of sp³-hybridized carbons (Fsp3) is 0.545. The number of hydrogen-bond donors (Lipinski definition) is 0. The number of rotatable bonds is 2. The number of hydrogen-bond acceptors (Lipinski definition) is 1. The second-order valence-corrected chi connectivity index (χ2v) is 3.82. The Labute approximate surface area is 78.9 Å². The molecule has 0 aromatic rings. The van der Waals surface area contributed by atoms with Crippen molar-refractivity contribution in [3.63, 3.8) is 0 Å². The fourth-order valence-corrected chi connectivity index (χ4v) is 2.28. The molecule has 1 heterocycles. The van der Waals surface area contributed by atoms with Gasteiger partial charge in [-0.3, -0.25) is 4.79 Å². The molecule has 1 aliphatic heterocycles. The fourth-order valence-electron chi connectivity index (χ4n) is 2.28. The van der Waals surface area contributed by atoms with Crippen molar-refractivity contribution in [2.75, 3.05) is 13.1 Å². The number of allylic oxidation sites excluding steroid dienone is 1. The van der Waals surface area contributed by atoms with Crippen molar-refractivity contribution in [1.82, 2.24) is 4.90 Å². The number of likely N-dealkylation sites (tertiary alicyclic amines) is 1. The van der Waals surface area contributed by atoms with Crippen LogP contribution in [0.15, 0.2) is 24.8 Å². The van der Waals surface area contributed by atoms with Gasteiger partial charge in [-0.25, -0.2) is 0 Å². The van der Waals surface area contributed by atoms with Gasteiger partial charge in [-0.2, -0.15) is 0 Å². The number of carbonyl (C=O) groups excluding carboxylic acids is 1. The zero-order chi connectivity index (χ0) is 9.26. The summed E-state index contributed by atoms with van der Waals surface area (Å²) in [5.74, 6) is 1.03. The van der Waals surface area contributed by atoms with Gasteiger partial charge in [-0.1, -0.05) is 18.2 Å². The lowest BCUT2D eigenvalue weighted by molar-refractivity contribution is -0.129. The van der Waals surface area contributed by atoms with Crippen LogP contribution < -0.4 is 0 Å². The van der Waals surface area contributed by atoms with Crippen LogP contribution in [-0.2, 0) is 4.79 Å². The van der Waals surface area contributed by atoms with Crippen LogP contribution in [0.4, 0.5) is 0 Å². The standard InChI is InChI=1S/C11H15NO/c1-2-7-12-8-9-5-3-4-6-10(9)11(12)13/h2,4,6,9-10H,1,3,5,7-8H2/t9-,10-/m0/s1. The van der Waals surface area contributed by atoms with Gasteiger partial charge in [0.25, 0.3) is 0 Å². The lowest BCUT2D eigenvalue weighted by atomic mass is 9.87. The van der Waals surface area contributed by atoms with Crippen molar-refractivity contribution in [2.45, 2.75) is 12.8 Å². The molecule has 0 radical (unpaired) electrons. The van der Waals surface area contributed by atoms with E-state index in [4.69, 9.17) is 0 Å². The number of fused-ring (bicyclic) bond motifs is 1. The highest BCUT2D eigenvalue weighted by Gasteiger charge is 2.38. The van der Waals surface area contributed by atoms with Gasteiger partial charge in [0, 0.05) is 13.1 Å². The third-order valence-corrected chi connectivity index (χ3v) is 2.96. The van der Waals surface area contributed by atoms with E-state index in [0.29, 0.717) is 18.4 Å². The smallest absolute Gasteiger partial charge is 0.230 e. The second-order valence-electron chi connectivity index (χ2n) is 3.82. The van der Waals surface area contributed by atoms with E-state index in [0.717, 1.165) is 13.0 Å². The van der Waals surface area contributed by atoms with Gasteiger partial charge < -0.3 is 4.90 Å². The maximum absolute atomic E-state index is 11.8. The van der Waals surface area contributed by atoms with Crippen LogP contribution in [0.5, 0.6) is 0 Å². The minimum absolute atomic E-state index is 0.175. The van der Waals surface area contributed by atoms with Crippen LogP contribution in [0.25, 0.3) is 0 Å². The van der Waals surface area contributed by atoms with Crippen LogP contribution in [0.3, 0.4) is 0 Å². The number of nitrogens with zero attached hydrogens (tertiary/aromatic N) is 1. The molecule has 13 heavy (non-hydrogen) atoms. The molecule has 0 saturated carbocycles. The van der Waals surface area contributed by atoms with Gasteiger partial charge in [0.2, 0.25) is 5.91 Å². The largest absolute Gasteiger partial charge is 0.338 e. The molecule has 0 unspecified atom stereocenters. The molecule has 0 aromatic carbocycles. The van der Waals surface area contributed by atoms with Crippen molar-refractivity contribution < 1.29 is 4.79 Å². The Morgan fingerprint density at radius 1 is 1.69 bits per heavy atom. The monoisotopic (exact) mass is 177 g/mol. The summed E-state index contributed by atoms with van der Waals surface area (Å²) < 4.78 is 0. The van der Waals surface area contributed by atoms with Crippen molar-refractivity contribution >= 4 is 5.91 Å². The molecule has 2 atom stereocenters. The van der Waals surface area contributed by atoms with Gasteiger partial charge in [0.05, 0.1) is 5.92 Å². The Balaban J connectivity index is 2.11. The van der Waals surface area contributed by atoms with Crippen molar-refractivity contribution in [3.05, 3.63) is 24.8 Å². The molecule has 0 bridgehead atoms. The van der Waals surface area contributed by atoms with E-state index < -0.39 is 0 Å². The second kappa shape index (κ2) is 3.36. The maximum atomic E-state index is 11.8. The molecule has 70 valence electrons. The normalized spacial score (nSPS) is 32.0. The highest BCUT2D eigenvalue weighted by Crippen LogP contribution is 2.32. The Kier molecular flexibility index (Phi) is 2.21. The van der Waals surface area contributed by atoms with E-state index in [1.807, 2.05) is 4.90 Å². The average molecular weight is 177 g/mol. The molecular weight excluding hydrogens is 162 g/mol. The van der Waals surface area contributed by atoms with Crippen LogP contribution >= 0.6 is 0 Å². The number of amides is 1. The average Bonchev–Trinajstić information content (AvgIpc) is 2.46. The minimum atomic E-state index is 0.175. The molecule has 1 fully saturated rings. The van der Waals surface area contributed by atoms with E-state index >= 15 is 0 Å². The summed E-state index contributed by atoms with van der Waals surface area (Å²) in [4.78, 5) is 13.7. The first-order valence-electron chi connectivity index (χ1n) is 4.89. The highest BCUT2D eigenvalue weighted by molar-refractivity contribution is 5.83. The van der Waals surface area contributed by atoms with E-state index in [1.54, 1.807) is 6.08 Å². The number of carbonyl (C=O) groups is 1. The van der Waals surface area contributed by atoms with Gasteiger partial charge in [0.1, 0.15) is 0 Å². The summed E-state index contributed by atoms with van der Waals surface area (Å²) in [7, 11) is 0. The molecule has 0 spiro atoms. The first-order valence-corrected chi connectivity index (χ1v) is 4.89. The maximum Gasteiger partial charge on any atom is 0.230 e. The quantitative estimate of drug-likeness (QED) is 0.587. The molecular formula is C11H15NO. The zero-order valence-electron chi connectivity index (χ0n) is 7.78. The predicted molar refractivity (Wildman–Crippen MR) is 52.1 cm³/mol. The molecule has 1 aliphatic carbocycles. The third kappa shape index (κ3) is 1.41. The summed E-state index contributed by atoms with van der Waals surface area (Å²) in [6.45, 7) is 5.30. The summed E-state index contributed by atoms with van der Waals surface area (Å²) in [6, 6.07) is 0. The molecule has 2 rings (SSSR count). The molecule has 1 saturated heterocycles. The molecule has 0 aromatic heterocycles. The lowest BCUT2D eigenvalue weighted by Crippen LogP contribution is -2.26. The zero-order valence-corrected chi connectivity index (χ0v) is 7.78. The topological polar surface area (TPSA) is 20.3 Å². The van der Waals surface area contributed by atoms with Crippen molar-refractivity contribution in [2.24, 2.45) is 11.8 Å². The van der Waals surface area contributed by atoms with Crippen molar-refractivity contribution in [1.29, 1.82) is 0 Å². The summed E-state index contributed by atoms with van der Waals surface area (Å²) >= 11 is 0. The van der Waals surface area contributed by atoms with E-state index in [-0.39, 0.29) is 5.92 Å². The van der Waals surface area contributed by atoms with Crippen LogP contribution in [0.1, 0.15) is 12.8 Å². The van der Waals surface area contributed by atoms with Crippen molar-refractivity contribution in [3.8, 4) is 0 Å². The molecule has 2 nitrogen and oxygen atoms in total. The molecule has 2 heteroatoms.